The number of rotatable bonds is 3. The minimum absolute atomic E-state index is 0.322. The van der Waals surface area contributed by atoms with Crippen LogP contribution in [0.2, 0.25) is 0 Å². The van der Waals surface area contributed by atoms with Gasteiger partial charge in [-0.25, -0.2) is 0 Å². The summed E-state index contributed by atoms with van der Waals surface area (Å²) in [6, 6.07) is 2.51. The molecule has 0 spiro atoms. The molecule has 2 rings (SSSR count). The van der Waals surface area contributed by atoms with Gasteiger partial charge in [-0.15, -0.1) is 0 Å². The predicted octanol–water partition coefficient (Wildman–Crippen LogP) is 1.38. The van der Waals surface area contributed by atoms with E-state index in [0.717, 1.165) is 31.9 Å². The normalized spacial score (nSPS) is 26.4. The summed E-state index contributed by atoms with van der Waals surface area (Å²) in [5.74, 6) is 0.657. The van der Waals surface area contributed by atoms with Gasteiger partial charge in [0, 0.05) is 25.7 Å². The van der Waals surface area contributed by atoms with E-state index < -0.39 is 0 Å². The van der Waals surface area contributed by atoms with E-state index in [-0.39, 0.29) is 0 Å². The Morgan fingerprint density at radius 3 is 2.94 bits per heavy atom. The Bertz CT molecular complexity index is 371. The molecule has 4 heteroatoms. The Morgan fingerprint density at radius 1 is 1.53 bits per heavy atom. The summed E-state index contributed by atoms with van der Waals surface area (Å²) in [5, 5.41) is 4.49. The first kappa shape index (κ1) is 12.6. The van der Waals surface area contributed by atoms with Crippen molar-refractivity contribution in [2.24, 2.45) is 11.7 Å². The van der Waals surface area contributed by atoms with Gasteiger partial charge in [0.2, 0.25) is 0 Å². The molecule has 1 aromatic heterocycles. The van der Waals surface area contributed by atoms with Gasteiger partial charge in [-0.05, 0) is 38.8 Å². The lowest BCUT2D eigenvalue weighted by Crippen LogP contribution is -2.47. The molecule has 1 saturated heterocycles. The topological polar surface area (TPSA) is 47.1 Å². The van der Waals surface area contributed by atoms with Crippen molar-refractivity contribution < 1.29 is 0 Å². The maximum atomic E-state index is 6.13. The summed E-state index contributed by atoms with van der Waals surface area (Å²) >= 11 is 0. The zero-order valence-electron chi connectivity index (χ0n) is 11.2. The summed E-state index contributed by atoms with van der Waals surface area (Å²) < 4.78 is 2.10. The molecule has 0 aliphatic carbocycles. The van der Waals surface area contributed by atoms with Gasteiger partial charge in [-0.1, -0.05) is 6.92 Å². The molecule has 2 unspecified atom stereocenters. The molecular formula is C13H24N4. The molecule has 2 heterocycles. The van der Waals surface area contributed by atoms with Crippen LogP contribution in [0.1, 0.15) is 31.7 Å². The Kier molecular flexibility index (Phi) is 3.84. The molecule has 17 heavy (non-hydrogen) atoms. The molecule has 1 aliphatic rings. The van der Waals surface area contributed by atoms with Crippen LogP contribution < -0.4 is 5.73 Å². The van der Waals surface area contributed by atoms with Crippen LogP contribution >= 0.6 is 0 Å². The molecule has 2 atom stereocenters. The fourth-order valence-electron chi connectivity index (χ4n) is 2.54. The molecule has 2 N–H and O–H groups in total. The predicted molar refractivity (Wildman–Crippen MR) is 69.7 cm³/mol. The molecular weight excluding hydrogens is 212 g/mol. The summed E-state index contributed by atoms with van der Waals surface area (Å²) in [6.45, 7) is 10.5. The average Bonchev–Trinajstić information content (AvgIpc) is 2.64. The highest BCUT2D eigenvalue weighted by Gasteiger charge is 2.23. The molecule has 1 fully saturated rings. The first-order chi connectivity index (χ1) is 8.10. The van der Waals surface area contributed by atoms with E-state index in [1.54, 1.807) is 0 Å². The zero-order valence-corrected chi connectivity index (χ0v) is 11.2. The standard InChI is InChI=1S/C13H24N4/c1-4-17-12(7-11(3)15-17)8-16-6-5-10(2)13(14)9-16/h7,10,13H,4-6,8-9,14H2,1-3H3. The van der Waals surface area contributed by atoms with Gasteiger partial charge < -0.3 is 5.73 Å². The molecule has 0 amide bonds. The molecule has 4 nitrogen and oxygen atoms in total. The maximum Gasteiger partial charge on any atom is 0.0597 e. The Hall–Kier alpha value is -0.870. The van der Waals surface area contributed by atoms with E-state index in [0.29, 0.717) is 12.0 Å². The maximum absolute atomic E-state index is 6.13. The lowest BCUT2D eigenvalue weighted by Gasteiger charge is -2.34. The van der Waals surface area contributed by atoms with E-state index in [2.05, 4.69) is 41.5 Å². The highest BCUT2D eigenvalue weighted by Crippen LogP contribution is 2.18. The third-order valence-corrected chi connectivity index (χ3v) is 3.77. The van der Waals surface area contributed by atoms with Crippen LogP contribution in [0.25, 0.3) is 0 Å². The van der Waals surface area contributed by atoms with Crippen molar-refractivity contribution in [3.8, 4) is 0 Å². The van der Waals surface area contributed by atoms with Crippen LogP contribution in [0.3, 0.4) is 0 Å². The summed E-state index contributed by atoms with van der Waals surface area (Å²) in [6.07, 6.45) is 1.21. The molecule has 0 bridgehead atoms. The summed E-state index contributed by atoms with van der Waals surface area (Å²) in [4.78, 5) is 2.45. The van der Waals surface area contributed by atoms with Crippen molar-refractivity contribution in [3.05, 3.63) is 17.5 Å². The second-order valence-corrected chi connectivity index (χ2v) is 5.26. The Balaban J connectivity index is 2.00. The zero-order chi connectivity index (χ0) is 12.4. The average molecular weight is 236 g/mol. The van der Waals surface area contributed by atoms with Crippen molar-refractivity contribution in [1.29, 1.82) is 0 Å². The molecule has 0 radical (unpaired) electrons. The van der Waals surface area contributed by atoms with Crippen LogP contribution in [-0.4, -0.2) is 33.8 Å². The molecule has 1 aliphatic heterocycles. The van der Waals surface area contributed by atoms with Crippen LogP contribution in [0.5, 0.6) is 0 Å². The van der Waals surface area contributed by atoms with Gasteiger partial charge in [-0.3, -0.25) is 9.58 Å². The highest BCUT2D eigenvalue weighted by molar-refractivity contribution is 5.09. The Labute approximate surface area is 104 Å². The first-order valence-corrected chi connectivity index (χ1v) is 6.61. The first-order valence-electron chi connectivity index (χ1n) is 6.61. The van der Waals surface area contributed by atoms with Gasteiger partial charge in [0.15, 0.2) is 0 Å². The van der Waals surface area contributed by atoms with Crippen molar-refractivity contribution in [1.82, 2.24) is 14.7 Å². The fraction of sp³-hybridized carbons (Fsp3) is 0.769. The minimum atomic E-state index is 0.322. The SMILES string of the molecule is CCn1nc(C)cc1CN1CCC(C)C(N)C1. The third kappa shape index (κ3) is 2.87. The van der Waals surface area contributed by atoms with Crippen molar-refractivity contribution in [2.75, 3.05) is 13.1 Å². The number of hydrogen-bond donors (Lipinski definition) is 1. The monoisotopic (exact) mass is 236 g/mol. The van der Waals surface area contributed by atoms with Crippen LogP contribution in [0.4, 0.5) is 0 Å². The number of piperidine rings is 1. The lowest BCUT2D eigenvalue weighted by molar-refractivity contribution is 0.158. The third-order valence-electron chi connectivity index (χ3n) is 3.77. The number of hydrogen-bond acceptors (Lipinski definition) is 3. The number of nitrogens with zero attached hydrogens (tertiary/aromatic N) is 3. The number of aromatic nitrogens is 2. The van der Waals surface area contributed by atoms with E-state index >= 15 is 0 Å². The van der Waals surface area contributed by atoms with Gasteiger partial charge in [0.05, 0.1) is 11.4 Å². The summed E-state index contributed by atoms with van der Waals surface area (Å²) in [7, 11) is 0. The van der Waals surface area contributed by atoms with Gasteiger partial charge in [-0.2, -0.15) is 5.10 Å². The van der Waals surface area contributed by atoms with Crippen molar-refractivity contribution >= 4 is 0 Å². The molecule has 96 valence electrons. The lowest BCUT2D eigenvalue weighted by atomic mass is 9.94. The quantitative estimate of drug-likeness (QED) is 0.862. The highest BCUT2D eigenvalue weighted by atomic mass is 15.3. The fourth-order valence-corrected chi connectivity index (χ4v) is 2.54. The number of likely N-dealkylation sites (tertiary alicyclic amines) is 1. The van der Waals surface area contributed by atoms with Gasteiger partial charge >= 0.3 is 0 Å². The van der Waals surface area contributed by atoms with Crippen LogP contribution in [-0.2, 0) is 13.1 Å². The smallest absolute Gasteiger partial charge is 0.0597 e. The van der Waals surface area contributed by atoms with Crippen LogP contribution in [0, 0.1) is 12.8 Å². The summed E-state index contributed by atoms with van der Waals surface area (Å²) in [5.41, 5.74) is 8.55. The van der Waals surface area contributed by atoms with E-state index in [1.165, 1.54) is 12.1 Å². The van der Waals surface area contributed by atoms with Gasteiger partial charge in [0.1, 0.15) is 0 Å². The van der Waals surface area contributed by atoms with Crippen LogP contribution in [0.15, 0.2) is 6.07 Å². The second-order valence-electron chi connectivity index (χ2n) is 5.26. The molecule has 0 aromatic carbocycles. The molecule has 0 saturated carbocycles. The molecule has 1 aromatic rings. The van der Waals surface area contributed by atoms with Crippen molar-refractivity contribution in [3.63, 3.8) is 0 Å². The van der Waals surface area contributed by atoms with E-state index in [9.17, 15) is 0 Å². The van der Waals surface area contributed by atoms with E-state index in [1.807, 2.05) is 0 Å². The van der Waals surface area contributed by atoms with Gasteiger partial charge in [0.25, 0.3) is 0 Å². The second kappa shape index (κ2) is 5.19. The number of nitrogens with two attached hydrogens (primary N) is 1. The minimum Gasteiger partial charge on any atom is -0.326 e. The Morgan fingerprint density at radius 2 is 2.29 bits per heavy atom. The van der Waals surface area contributed by atoms with Crippen molar-refractivity contribution in [2.45, 2.75) is 46.3 Å². The number of aryl methyl sites for hydroxylation is 2. The largest absolute Gasteiger partial charge is 0.326 e. The van der Waals surface area contributed by atoms with E-state index in [4.69, 9.17) is 5.73 Å².